The van der Waals surface area contributed by atoms with E-state index in [1.165, 1.54) is 0 Å². The number of hydrogen-bond donors (Lipinski definition) is 1. The number of likely N-dealkylation sites (tertiary alicyclic amines) is 1. The first-order valence-electron chi connectivity index (χ1n) is 11.0. The number of aromatic amines is 1. The second-order valence-electron chi connectivity index (χ2n) is 8.15. The van der Waals surface area contributed by atoms with Crippen LogP contribution < -0.4 is 10.4 Å². The summed E-state index contributed by atoms with van der Waals surface area (Å²) in [5.41, 5.74) is 1.79. The molecule has 4 rings (SSSR count). The lowest BCUT2D eigenvalue weighted by Gasteiger charge is -2.33. The molecule has 1 aliphatic rings. The van der Waals surface area contributed by atoms with Gasteiger partial charge in [-0.15, -0.1) is 0 Å². The van der Waals surface area contributed by atoms with E-state index in [1.807, 2.05) is 66.2 Å². The molecule has 31 heavy (non-hydrogen) atoms. The van der Waals surface area contributed by atoms with E-state index in [2.05, 4.69) is 9.88 Å². The quantitative estimate of drug-likeness (QED) is 0.567. The zero-order chi connectivity index (χ0) is 21.6. The molecule has 0 aliphatic carbocycles. The molecule has 0 radical (unpaired) electrons. The number of nitrogens with zero attached hydrogens (tertiary/aromatic N) is 3. The number of ether oxygens (including phenoxy) is 1. The van der Waals surface area contributed by atoms with E-state index in [4.69, 9.17) is 4.74 Å². The molecule has 2 aromatic carbocycles. The first-order chi connectivity index (χ1) is 15.1. The Hall–Kier alpha value is -3.06. The number of rotatable bonds is 8. The summed E-state index contributed by atoms with van der Waals surface area (Å²) in [6.07, 6.45) is 2.52. The molecule has 1 amide bonds. The predicted octanol–water partition coefficient (Wildman–Crippen LogP) is 2.89. The Morgan fingerprint density at radius 3 is 2.58 bits per heavy atom. The van der Waals surface area contributed by atoms with Crippen LogP contribution in [0.15, 0.2) is 59.4 Å². The standard InChI is InChI=1S/C24H30N4O3/c1-26(14-7-17-31-20-8-3-2-4-9-20)23(29)18-27-15-12-19(13-16-27)28-22-11-6-5-10-21(22)25-24(28)30/h2-6,8-11,19H,7,12-18H2,1H3,(H,25,30). The van der Waals surface area contributed by atoms with E-state index >= 15 is 0 Å². The van der Waals surface area contributed by atoms with Crippen LogP contribution in [0.5, 0.6) is 5.75 Å². The van der Waals surface area contributed by atoms with Crippen molar-refractivity contribution in [3.63, 3.8) is 0 Å². The number of hydrogen-bond acceptors (Lipinski definition) is 4. The fraction of sp³-hybridized carbons (Fsp3) is 0.417. The molecule has 1 aromatic heterocycles. The summed E-state index contributed by atoms with van der Waals surface area (Å²) < 4.78 is 7.58. The molecule has 2 heterocycles. The number of H-pyrrole nitrogens is 1. The van der Waals surface area contributed by atoms with Crippen molar-refractivity contribution in [2.45, 2.75) is 25.3 Å². The number of piperidine rings is 1. The number of para-hydroxylation sites is 3. The van der Waals surface area contributed by atoms with Crippen LogP contribution in [0.4, 0.5) is 0 Å². The molecule has 164 valence electrons. The summed E-state index contributed by atoms with van der Waals surface area (Å²) >= 11 is 0. The summed E-state index contributed by atoms with van der Waals surface area (Å²) in [6, 6.07) is 17.7. The van der Waals surface area contributed by atoms with Crippen LogP contribution in [-0.2, 0) is 4.79 Å². The van der Waals surface area contributed by atoms with Gasteiger partial charge in [0.05, 0.1) is 24.2 Å². The number of imidazole rings is 1. The minimum absolute atomic E-state index is 0.0480. The Bertz CT molecular complexity index is 1050. The van der Waals surface area contributed by atoms with Gasteiger partial charge in [-0.25, -0.2) is 4.79 Å². The molecule has 1 saturated heterocycles. The van der Waals surface area contributed by atoms with Crippen molar-refractivity contribution < 1.29 is 9.53 Å². The van der Waals surface area contributed by atoms with Gasteiger partial charge in [0.2, 0.25) is 5.91 Å². The lowest BCUT2D eigenvalue weighted by Crippen LogP contribution is -2.43. The van der Waals surface area contributed by atoms with Crippen LogP contribution in [0.2, 0.25) is 0 Å². The number of fused-ring (bicyclic) bond motifs is 1. The average Bonchev–Trinajstić information content (AvgIpc) is 3.13. The monoisotopic (exact) mass is 422 g/mol. The van der Waals surface area contributed by atoms with Gasteiger partial charge in [0.25, 0.3) is 0 Å². The van der Waals surface area contributed by atoms with Crippen molar-refractivity contribution >= 4 is 16.9 Å². The van der Waals surface area contributed by atoms with Gasteiger partial charge >= 0.3 is 5.69 Å². The Morgan fingerprint density at radius 1 is 1.10 bits per heavy atom. The van der Waals surface area contributed by atoms with Crippen LogP contribution >= 0.6 is 0 Å². The third-order valence-corrected chi connectivity index (χ3v) is 5.98. The topological polar surface area (TPSA) is 70.6 Å². The number of aromatic nitrogens is 2. The number of nitrogens with one attached hydrogen (secondary N) is 1. The molecule has 0 atom stereocenters. The molecule has 7 nitrogen and oxygen atoms in total. The molecule has 1 N–H and O–H groups in total. The Kier molecular flexibility index (Phi) is 6.72. The average molecular weight is 423 g/mol. The summed E-state index contributed by atoms with van der Waals surface area (Å²) in [5, 5.41) is 0. The van der Waals surface area contributed by atoms with Crippen molar-refractivity contribution in [2.24, 2.45) is 0 Å². The number of amides is 1. The highest BCUT2D eigenvalue weighted by atomic mass is 16.5. The van der Waals surface area contributed by atoms with Gasteiger partial charge in [0.1, 0.15) is 5.75 Å². The molecule has 3 aromatic rings. The largest absolute Gasteiger partial charge is 0.494 e. The third kappa shape index (κ3) is 5.17. The molecule has 7 heteroatoms. The summed E-state index contributed by atoms with van der Waals surface area (Å²) in [6.45, 7) is 3.31. The summed E-state index contributed by atoms with van der Waals surface area (Å²) in [4.78, 5) is 31.9. The van der Waals surface area contributed by atoms with Crippen molar-refractivity contribution in [1.29, 1.82) is 0 Å². The highest BCUT2D eigenvalue weighted by molar-refractivity contribution is 5.78. The van der Waals surface area contributed by atoms with E-state index in [1.54, 1.807) is 4.90 Å². The van der Waals surface area contributed by atoms with Gasteiger partial charge in [-0.2, -0.15) is 0 Å². The Morgan fingerprint density at radius 2 is 1.81 bits per heavy atom. The van der Waals surface area contributed by atoms with E-state index in [9.17, 15) is 9.59 Å². The molecular weight excluding hydrogens is 392 g/mol. The van der Waals surface area contributed by atoms with Crippen molar-refractivity contribution in [3.8, 4) is 5.75 Å². The predicted molar refractivity (Wildman–Crippen MR) is 121 cm³/mol. The van der Waals surface area contributed by atoms with Crippen LogP contribution in [-0.4, -0.2) is 65.1 Å². The van der Waals surface area contributed by atoms with Gasteiger partial charge in [0, 0.05) is 32.7 Å². The van der Waals surface area contributed by atoms with Crippen molar-refractivity contribution in [2.75, 3.05) is 39.8 Å². The zero-order valence-electron chi connectivity index (χ0n) is 18.0. The molecule has 1 aliphatic heterocycles. The number of likely N-dealkylation sites (N-methyl/N-ethyl adjacent to an activating group) is 1. The number of carbonyl (C=O) groups is 1. The number of benzene rings is 2. The minimum atomic E-state index is -0.0480. The Labute approximate surface area is 182 Å². The van der Waals surface area contributed by atoms with Crippen LogP contribution in [0.1, 0.15) is 25.3 Å². The summed E-state index contributed by atoms with van der Waals surface area (Å²) in [7, 11) is 1.85. The normalized spacial score (nSPS) is 15.3. The fourth-order valence-electron chi connectivity index (χ4n) is 4.22. The maximum absolute atomic E-state index is 12.6. The maximum Gasteiger partial charge on any atom is 0.326 e. The van der Waals surface area contributed by atoms with E-state index in [-0.39, 0.29) is 17.6 Å². The summed E-state index contributed by atoms with van der Waals surface area (Å²) in [5.74, 6) is 0.982. The molecule has 1 fully saturated rings. The molecule has 0 saturated carbocycles. The highest BCUT2D eigenvalue weighted by Crippen LogP contribution is 2.24. The second-order valence-corrected chi connectivity index (χ2v) is 8.15. The van der Waals surface area contributed by atoms with Crippen LogP contribution in [0.3, 0.4) is 0 Å². The van der Waals surface area contributed by atoms with Gasteiger partial charge in [-0.1, -0.05) is 30.3 Å². The third-order valence-electron chi connectivity index (χ3n) is 5.98. The maximum atomic E-state index is 12.6. The fourth-order valence-corrected chi connectivity index (χ4v) is 4.22. The molecular formula is C24H30N4O3. The lowest BCUT2D eigenvalue weighted by atomic mass is 10.0. The van der Waals surface area contributed by atoms with Crippen LogP contribution in [0, 0.1) is 0 Å². The van der Waals surface area contributed by atoms with Crippen molar-refractivity contribution in [1.82, 2.24) is 19.4 Å². The first-order valence-corrected chi connectivity index (χ1v) is 11.0. The SMILES string of the molecule is CN(CCCOc1ccccc1)C(=O)CN1CCC(n2c(=O)[nH]c3ccccc32)CC1. The molecule has 0 spiro atoms. The van der Waals surface area contributed by atoms with E-state index < -0.39 is 0 Å². The van der Waals surface area contributed by atoms with Gasteiger partial charge in [-0.05, 0) is 43.5 Å². The van der Waals surface area contributed by atoms with Crippen LogP contribution in [0.25, 0.3) is 11.0 Å². The lowest BCUT2D eigenvalue weighted by molar-refractivity contribution is -0.131. The molecule has 0 bridgehead atoms. The first kappa shape index (κ1) is 21.2. The van der Waals surface area contributed by atoms with E-state index in [0.717, 1.165) is 49.1 Å². The van der Waals surface area contributed by atoms with Gasteiger partial charge in [-0.3, -0.25) is 14.3 Å². The Balaban J connectivity index is 1.21. The smallest absolute Gasteiger partial charge is 0.326 e. The van der Waals surface area contributed by atoms with Gasteiger partial charge < -0.3 is 14.6 Å². The van der Waals surface area contributed by atoms with Gasteiger partial charge in [0.15, 0.2) is 0 Å². The number of carbonyl (C=O) groups excluding carboxylic acids is 1. The minimum Gasteiger partial charge on any atom is -0.494 e. The highest BCUT2D eigenvalue weighted by Gasteiger charge is 2.25. The second kappa shape index (κ2) is 9.83. The van der Waals surface area contributed by atoms with Crippen molar-refractivity contribution in [3.05, 3.63) is 65.1 Å². The zero-order valence-corrected chi connectivity index (χ0v) is 18.0. The van der Waals surface area contributed by atoms with E-state index in [0.29, 0.717) is 19.7 Å². The molecule has 0 unspecified atom stereocenters.